The lowest BCUT2D eigenvalue weighted by molar-refractivity contribution is 0.102. The SMILES string of the molecule is O=C(Nc1cccc(Br)n1)c1cccc(F)c1. The first-order chi connectivity index (χ1) is 8.15. The lowest BCUT2D eigenvalue weighted by atomic mass is 10.2. The molecule has 1 aromatic heterocycles. The summed E-state index contributed by atoms with van der Waals surface area (Å²) in [5.41, 5.74) is 0.256. The highest BCUT2D eigenvalue weighted by molar-refractivity contribution is 9.10. The van der Waals surface area contributed by atoms with Crippen LogP contribution in [0, 0.1) is 5.82 Å². The maximum atomic E-state index is 12.9. The van der Waals surface area contributed by atoms with Gasteiger partial charge in [-0.25, -0.2) is 9.37 Å². The molecule has 17 heavy (non-hydrogen) atoms. The smallest absolute Gasteiger partial charge is 0.256 e. The zero-order valence-electron chi connectivity index (χ0n) is 8.65. The van der Waals surface area contributed by atoms with Crippen molar-refractivity contribution >= 4 is 27.7 Å². The van der Waals surface area contributed by atoms with Crippen molar-refractivity contribution in [3.8, 4) is 0 Å². The second-order valence-electron chi connectivity index (χ2n) is 3.31. The van der Waals surface area contributed by atoms with Crippen LogP contribution in [0.2, 0.25) is 0 Å². The minimum atomic E-state index is -0.445. The van der Waals surface area contributed by atoms with Crippen molar-refractivity contribution in [2.75, 3.05) is 5.32 Å². The van der Waals surface area contributed by atoms with Gasteiger partial charge in [0.05, 0.1) is 0 Å². The van der Waals surface area contributed by atoms with Crippen molar-refractivity contribution in [2.45, 2.75) is 0 Å². The van der Waals surface area contributed by atoms with Gasteiger partial charge in [0, 0.05) is 5.56 Å². The minimum absolute atomic E-state index is 0.256. The van der Waals surface area contributed by atoms with Gasteiger partial charge in [-0.3, -0.25) is 4.79 Å². The number of carbonyl (C=O) groups is 1. The standard InChI is InChI=1S/C12H8BrFN2O/c13-10-5-2-6-11(15-10)16-12(17)8-3-1-4-9(14)7-8/h1-7H,(H,15,16,17). The highest BCUT2D eigenvalue weighted by Crippen LogP contribution is 2.12. The number of benzene rings is 1. The summed E-state index contributed by atoms with van der Waals surface area (Å²) in [6.45, 7) is 0. The van der Waals surface area contributed by atoms with Gasteiger partial charge in [-0.1, -0.05) is 12.1 Å². The third-order valence-corrected chi connectivity index (χ3v) is 2.49. The zero-order chi connectivity index (χ0) is 12.3. The number of carbonyl (C=O) groups excluding carboxylic acids is 1. The first-order valence-electron chi connectivity index (χ1n) is 4.84. The molecule has 2 rings (SSSR count). The summed E-state index contributed by atoms with van der Waals surface area (Å²) >= 11 is 3.20. The Labute approximate surface area is 106 Å². The van der Waals surface area contributed by atoms with Crippen LogP contribution >= 0.6 is 15.9 Å². The average molecular weight is 295 g/mol. The van der Waals surface area contributed by atoms with Crippen molar-refractivity contribution in [3.05, 3.63) is 58.4 Å². The number of pyridine rings is 1. The lowest BCUT2D eigenvalue weighted by Crippen LogP contribution is -2.13. The molecular weight excluding hydrogens is 287 g/mol. The molecule has 0 unspecified atom stereocenters. The quantitative estimate of drug-likeness (QED) is 0.864. The molecule has 0 saturated heterocycles. The first-order valence-corrected chi connectivity index (χ1v) is 5.64. The number of hydrogen-bond acceptors (Lipinski definition) is 2. The van der Waals surface area contributed by atoms with Crippen LogP contribution < -0.4 is 5.32 Å². The normalized spacial score (nSPS) is 10.0. The Morgan fingerprint density at radius 2 is 2.00 bits per heavy atom. The van der Waals surface area contributed by atoms with Gasteiger partial charge in [0.2, 0.25) is 0 Å². The molecule has 0 bridgehead atoms. The number of hydrogen-bond donors (Lipinski definition) is 1. The summed E-state index contributed by atoms with van der Waals surface area (Å²) in [5, 5.41) is 2.58. The molecule has 0 aliphatic rings. The molecular formula is C12H8BrFN2O. The van der Waals surface area contributed by atoms with Gasteiger partial charge in [-0.15, -0.1) is 0 Å². The third kappa shape index (κ3) is 3.10. The highest BCUT2D eigenvalue weighted by atomic mass is 79.9. The van der Waals surface area contributed by atoms with Crippen LogP contribution in [0.3, 0.4) is 0 Å². The molecule has 0 fully saturated rings. The lowest BCUT2D eigenvalue weighted by Gasteiger charge is -2.04. The predicted molar refractivity (Wildman–Crippen MR) is 66.3 cm³/mol. The monoisotopic (exact) mass is 294 g/mol. The van der Waals surface area contributed by atoms with E-state index < -0.39 is 11.7 Å². The van der Waals surface area contributed by atoms with Gasteiger partial charge in [0.1, 0.15) is 16.2 Å². The number of anilines is 1. The number of rotatable bonds is 2. The van der Waals surface area contributed by atoms with Gasteiger partial charge in [-0.2, -0.15) is 0 Å². The van der Waals surface area contributed by atoms with Crippen LogP contribution in [-0.4, -0.2) is 10.9 Å². The fourth-order valence-electron chi connectivity index (χ4n) is 1.30. The fourth-order valence-corrected chi connectivity index (χ4v) is 1.64. The summed E-state index contributed by atoms with van der Waals surface area (Å²) in [5.74, 6) is -0.427. The summed E-state index contributed by atoms with van der Waals surface area (Å²) in [7, 11) is 0. The van der Waals surface area contributed by atoms with Crippen LogP contribution in [0.15, 0.2) is 47.1 Å². The second kappa shape index (κ2) is 5.05. The number of amides is 1. The zero-order valence-corrected chi connectivity index (χ0v) is 10.2. The Hall–Kier alpha value is -1.75. The van der Waals surface area contributed by atoms with E-state index >= 15 is 0 Å². The Bertz CT molecular complexity index is 560. The van der Waals surface area contributed by atoms with Crippen molar-refractivity contribution < 1.29 is 9.18 Å². The topological polar surface area (TPSA) is 42.0 Å². The van der Waals surface area contributed by atoms with Crippen LogP contribution in [0.25, 0.3) is 0 Å². The number of aromatic nitrogens is 1. The van der Waals surface area contributed by atoms with E-state index in [1.807, 2.05) is 0 Å². The summed E-state index contributed by atoms with van der Waals surface area (Å²) in [4.78, 5) is 15.8. The molecule has 1 N–H and O–H groups in total. The van der Waals surface area contributed by atoms with E-state index in [4.69, 9.17) is 0 Å². The van der Waals surface area contributed by atoms with E-state index in [1.54, 1.807) is 18.2 Å². The molecule has 0 aliphatic heterocycles. The van der Waals surface area contributed by atoms with E-state index in [1.165, 1.54) is 24.3 Å². The second-order valence-corrected chi connectivity index (χ2v) is 4.12. The summed E-state index contributed by atoms with van der Waals surface area (Å²) in [6, 6.07) is 10.6. The van der Waals surface area contributed by atoms with Crippen LogP contribution in [0.4, 0.5) is 10.2 Å². The third-order valence-electron chi connectivity index (χ3n) is 2.04. The maximum absolute atomic E-state index is 12.9. The van der Waals surface area contributed by atoms with E-state index in [-0.39, 0.29) is 5.56 Å². The molecule has 0 saturated carbocycles. The van der Waals surface area contributed by atoms with Gasteiger partial charge < -0.3 is 5.32 Å². The Kier molecular flexibility index (Phi) is 3.49. The Balaban J connectivity index is 2.17. The predicted octanol–water partition coefficient (Wildman–Crippen LogP) is 3.24. The largest absolute Gasteiger partial charge is 0.307 e. The molecule has 0 atom stereocenters. The Morgan fingerprint density at radius 1 is 1.24 bits per heavy atom. The molecule has 2 aromatic rings. The molecule has 0 spiro atoms. The van der Waals surface area contributed by atoms with Gasteiger partial charge >= 0.3 is 0 Å². The van der Waals surface area contributed by atoms with Crippen molar-refractivity contribution in [3.63, 3.8) is 0 Å². The van der Waals surface area contributed by atoms with Crippen molar-refractivity contribution in [2.24, 2.45) is 0 Å². The number of halogens is 2. The van der Waals surface area contributed by atoms with Crippen LogP contribution in [0.5, 0.6) is 0 Å². The first kappa shape index (κ1) is 11.7. The summed E-state index contributed by atoms with van der Waals surface area (Å²) in [6.07, 6.45) is 0. The molecule has 86 valence electrons. The van der Waals surface area contributed by atoms with E-state index in [9.17, 15) is 9.18 Å². The van der Waals surface area contributed by atoms with Gasteiger partial charge in [-0.05, 0) is 46.3 Å². The average Bonchev–Trinajstić information content (AvgIpc) is 2.29. The fraction of sp³-hybridized carbons (Fsp3) is 0. The molecule has 0 radical (unpaired) electrons. The van der Waals surface area contributed by atoms with Gasteiger partial charge in [0.25, 0.3) is 5.91 Å². The van der Waals surface area contributed by atoms with E-state index in [2.05, 4.69) is 26.2 Å². The summed E-state index contributed by atoms with van der Waals surface area (Å²) < 4.78 is 13.5. The molecule has 1 aromatic carbocycles. The van der Waals surface area contributed by atoms with Crippen molar-refractivity contribution in [1.82, 2.24) is 4.98 Å². The molecule has 5 heteroatoms. The number of nitrogens with one attached hydrogen (secondary N) is 1. The molecule has 1 heterocycles. The molecule has 0 aliphatic carbocycles. The highest BCUT2D eigenvalue weighted by Gasteiger charge is 2.07. The van der Waals surface area contributed by atoms with Crippen LogP contribution in [0.1, 0.15) is 10.4 Å². The molecule has 1 amide bonds. The van der Waals surface area contributed by atoms with Crippen molar-refractivity contribution in [1.29, 1.82) is 0 Å². The minimum Gasteiger partial charge on any atom is -0.307 e. The maximum Gasteiger partial charge on any atom is 0.256 e. The number of nitrogens with zero attached hydrogens (tertiary/aromatic N) is 1. The van der Waals surface area contributed by atoms with Crippen LogP contribution in [-0.2, 0) is 0 Å². The Morgan fingerprint density at radius 3 is 2.71 bits per heavy atom. The molecule has 3 nitrogen and oxygen atoms in total. The van der Waals surface area contributed by atoms with Gasteiger partial charge in [0.15, 0.2) is 0 Å². The van der Waals surface area contributed by atoms with E-state index in [0.717, 1.165) is 0 Å². The van der Waals surface area contributed by atoms with E-state index in [0.29, 0.717) is 10.4 Å².